The first-order chi connectivity index (χ1) is 11.2. The topological polar surface area (TPSA) is 80.2 Å². The third kappa shape index (κ3) is 3.81. The molecule has 1 aliphatic heterocycles. The predicted octanol–water partition coefficient (Wildman–Crippen LogP) is 0.947. The van der Waals surface area contributed by atoms with Crippen LogP contribution in [0.3, 0.4) is 0 Å². The van der Waals surface area contributed by atoms with Gasteiger partial charge in [-0.15, -0.1) is 0 Å². The third-order valence-corrected chi connectivity index (χ3v) is 3.68. The van der Waals surface area contributed by atoms with Crippen LogP contribution < -0.4 is 10.2 Å². The van der Waals surface area contributed by atoms with Crippen molar-refractivity contribution in [3.05, 3.63) is 47.5 Å². The Bertz CT molecular complexity index is 671. The summed E-state index contributed by atoms with van der Waals surface area (Å²) in [5.74, 6) is 0.467. The molecule has 0 aliphatic carbocycles. The van der Waals surface area contributed by atoms with E-state index in [9.17, 15) is 4.79 Å². The smallest absolute Gasteiger partial charge is 0.254 e. The maximum atomic E-state index is 12.3. The molecule has 23 heavy (non-hydrogen) atoms. The number of aromatic nitrogens is 3. The average Bonchev–Trinajstić information content (AvgIpc) is 2.61. The number of morpholine rings is 1. The molecule has 2 aromatic heterocycles. The number of carbonyl (C=O) groups is 1. The minimum atomic E-state index is -0.181. The van der Waals surface area contributed by atoms with E-state index in [1.807, 2.05) is 19.1 Å². The second-order valence-corrected chi connectivity index (χ2v) is 5.31. The van der Waals surface area contributed by atoms with E-state index in [4.69, 9.17) is 4.74 Å². The minimum Gasteiger partial charge on any atom is -0.378 e. The zero-order valence-electron chi connectivity index (χ0n) is 13.0. The Labute approximate surface area is 134 Å². The lowest BCUT2D eigenvalue weighted by molar-refractivity contribution is 0.0949. The van der Waals surface area contributed by atoms with Crippen molar-refractivity contribution in [2.45, 2.75) is 13.5 Å². The van der Waals surface area contributed by atoms with E-state index in [1.54, 1.807) is 18.6 Å². The van der Waals surface area contributed by atoms with Crippen molar-refractivity contribution < 1.29 is 9.53 Å². The van der Waals surface area contributed by atoms with E-state index < -0.39 is 0 Å². The van der Waals surface area contributed by atoms with Crippen molar-refractivity contribution in [1.29, 1.82) is 0 Å². The molecule has 1 aliphatic rings. The van der Waals surface area contributed by atoms with Crippen LogP contribution in [0.15, 0.2) is 30.7 Å². The fraction of sp³-hybridized carbons (Fsp3) is 0.375. The van der Waals surface area contributed by atoms with Gasteiger partial charge in [0.25, 0.3) is 5.91 Å². The molecule has 0 radical (unpaired) electrons. The molecule has 0 saturated carbocycles. The Morgan fingerprint density at radius 2 is 2.17 bits per heavy atom. The fourth-order valence-electron chi connectivity index (χ4n) is 2.37. The van der Waals surface area contributed by atoms with Gasteiger partial charge in [0.15, 0.2) is 0 Å². The molecule has 0 aromatic carbocycles. The molecule has 1 N–H and O–H groups in total. The van der Waals surface area contributed by atoms with E-state index in [0.717, 1.165) is 18.7 Å². The second kappa shape index (κ2) is 7.15. The maximum absolute atomic E-state index is 12.3. The van der Waals surface area contributed by atoms with Gasteiger partial charge in [0.2, 0.25) is 5.95 Å². The van der Waals surface area contributed by atoms with Crippen molar-refractivity contribution in [3.8, 4) is 0 Å². The third-order valence-electron chi connectivity index (χ3n) is 3.68. The number of aryl methyl sites for hydroxylation is 1. The van der Waals surface area contributed by atoms with Gasteiger partial charge in [0.05, 0.1) is 24.5 Å². The molecule has 0 unspecified atom stereocenters. The van der Waals surface area contributed by atoms with Crippen LogP contribution in [0.1, 0.15) is 21.6 Å². The lowest BCUT2D eigenvalue weighted by Crippen LogP contribution is -2.37. The van der Waals surface area contributed by atoms with Gasteiger partial charge >= 0.3 is 0 Å². The van der Waals surface area contributed by atoms with Crippen LogP contribution in [0.4, 0.5) is 5.95 Å². The number of rotatable bonds is 4. The number of ether oxygens (including phenoxy) is 1. The van der Waals surface area contributed by atoms with Crippen molar-refractivity contribution in [1.82, 2.24) is 20.3 Å². The van der Waals surface area contributed by atoms with E-state index in [0.29, 0.717) is 37.0 Å². The molecule has 3 rings (SSSR count). The quantitative estimate of drug-likeness (QED) is 0.905. The summed E-state index contributed by atoms with van der Waals surface area (Å²) in [4.78, 5) is 27.2. The number of anilines is 1. The van der Waals surface area contributed by atoms with E-state index in [-0.39, 0.29) is 5.91 Å². The van der Waals surface area contributed by atoms with Crippen LogP contribution in [-0.2, 0) is 11.3 Å². The molecular formula is C16H19N5O2. The first-order valence-corrected chi connectivity index (χ1v) is 7.57. The fourth-order valence-corrected chi connectivity index (χ4v) is 2.37. The lowest BCUT2D eigenvalue weighted by Gasteiger charge is -2.27. The van der Waals surface area contributed by atoms with E-state index >= 15 is 0 Å². The largest absolute Gasteiger partial charge is 0.378 e. The summed E-state index contributed by atoms with van der Waals surface area (Å²) < 4.78 is 5.32. The van der Waals surface area contributed by atoms with Gasteiger partial charge in [-0.2, -0.15) is 0 Å². The van der Waals surface area contributed by atoms with Gasteiger partial charge in [-0.25, -0.2) is 9.97 Å². The normalized spacial score (nSPS) is 14.6. The van der Waals surface area contributed by atoms with Crippen LogP contribution in [0, 0.1) is 6.92 Å². The maximum Gasteiger partial charge on any atom is 0.254 e. The van der Waals surface area contributed by atoms with Gasteiger partial charge in [-0.05, 0) is 18.6 Å². The molecule has 120 valence electrons. The molecular weight excluding hydrogens is 294 g/mol. The molecule has 7 heteroatoms. The Hall–Kier alpha value is -2.54. The van der Waals surface area contributed by atoms with Gasteiger partial charge in [0.1, 0.15) is 0 Å². The highest BCUT2D eigenvalue weighted by molar-refractivity contribution is 5.94. The summed E-state index contributed by atoms with van der Waals surface area (Å²) in [5.41, 5.74) is 2.11. The zero-order chi connectivity index (χ0) is 16.1. The van der Waals surface area contributed by atoms with Crippen LogP contribution in [0.25, 0.3) is 0 Å². The van der Waals surface area contributed by atoms with Gasteiger partial charge in [-0.1, -0.05) is 6.07 Å². The van der Waals surface area contributed by atoms with Crippen LogP contribution in [0.5, 0.6) is 0 Å². The molecule has 3 heterocycles. The lowest BCUT2D eigenvalue weighted by atomic mass is 10.2. The number of hydrogen-bond acceptors (Lipinski definition) is 6. The number of pyridine rings is 1. The minimum absolute atomic E-state index is 0.181. The molecule has 0 bridgehead atoms. The highest BCUT2D eigenvalue weighted by Gasteiger charge is 2.17. The van der Waals surface area contributed by atoms with Crippen molar-refractivity contribution in [2.24, 2.45) is 0 Å². The SMILES string of the molecule is Cc1nc(N2CCOCC2)ncc1C(=O)NCc1cccnc1. The Morgan fingerprint density at radius 1 is 1.35 bits per heavy atom. The molecule has 1 amide bonds. The molecule has 0 atom stereocenters. The van der Waals surface area contributed by atoms with Crippen LogP contribution in [0.2, 0.25) is 0 Å². The summed E-state index contributed by atoms with van der Waals surface area (Å²) >= 11 is 0. The summed E-state index contributed by atoms with van der Waals surface area (Å²) in [6, 6.07) is 3.76. The van der Waals surface area contributed by atoms with E-state index in [2.05, 4.69) is 25.2 Å². The summed E-state index contributed by atoms with van der Waals surface area (Å²) in [5, 5.41) is 2.86. The summed E-state index contributed by atoms with van der Waals surface area (Å²) in [6.45, 7) is 5.14. The predicted molar refractivity (Wildman–Crippen MR) is 85.2 cm³/mol. The molecule has 0 spiro atoms. The van der Waals surface area contributed by atoms with Crippen molar-refractivity contribution in [2.75, 3.05) is 31.2 Å². The number of nitrogens with zero attached hydrogens (tertiary/aromatic N) is 4. The van der Waals surface area contributed by atoms with Crippen LogP contribution in [-0.4, -0.2) is 47.2 Å². The number of carbonyl (C=O) groups excluding carboxylic acids is 1. The second-order valence-electron chi connectivity index (χ2n) is 5.31. The van der Waals surface area contributed by atoms with Gasteiger partial charge < -0.3 is 15.0 Å². The monoisotopic (exact) mass is 313 g/mol. The number of hydrogen-bond donors (Lipinski definition) is 1. The Balaban J connectivity index is 1.66. The molecule has 1 saturated heterocycles. The number of nitrogens with one attached hydrogen (secondary N) is 1. The van der Waals surface area contributed by atoms with Crippen molar-refractivity contribution in [3.63, 3.8) is 0 Å². The number of amides is 1. The zero-order valence-corrected chi connectivity index (χ0v) is 13.0. The Morgan fingerprint density at radius 3 is 2.87 bits per heavy atom. The van der Waals surface area contributed by atoms with Crippen molar-refractivity contribution >= 4 is 11.9 Å². The molecule has 1 fully saturated rings. The van der Waals surface area contributed by atoms with Gasteiger partial charge in [0, 0.05) is 38.2 Å². The highest BCUT2D eigenvalue weighted by atomic mass is 16.5. The van der Waals surface area contributed by atoms with E-state index in [1.165, 1.54) is 0 Å². The van der Waals surface area contributed by atoms with Gasteiger partial charge in [-0.3, -0.25) is 9.78 Å². The molecule has 7 nitrogen and oxygen atoms in total. The standard InChI is InChI=1S/C16H19N5O2/c1-12-14(15(22)18-10-13-3-2-4-17-9-13)11-19-16(20-12)21-5-7-23-8-6-21/h2-4,9,11H,5-8,10H2,1H3,(H,18,22). The Kier molecular flexibility index (Phi) is 4.77. The first kappa shape index (κ1) is 15.4. The van der Waals surface area contributed by atoms with Crippen LogP contribution >= 0.6 is 0 Å². The summed E-state index contributed by atoms with van der Waals surface area (Å²) in [7, 11) is 0. The first-order valence-electron chi connectivity index (χ1n) is 7.57. The summed E-state index contributed by atoms with van der Waals surface area (Å²) in [6.07, 6.45) is 5.02. The average molecular weight is 313 g/mol. The molecule has 2 aromatic rings. The highest BCUT2D eigenvalue weighted by Crippen LogP contribution is 2.13.